The molecule has 0 saturated carbocycles. The summed E-state index contributed by atoms with van der Waals surface area (Å²) in [6.45, 7) is 4.66. The Morgan fingerprint density at radius 1 is 1.08 bits per heavy atom. The number of hydrogen-bond acceptors (Lipinski definition) is 2. The topological polar surface area (TPSA) is 23.6 Å². The van der Waals surface area contributed by atoms with E-state index in [1.807, 2.05) is 23.1 Å². The molecule has 0 N–H and O–H groups in total. The molecule has 0 radical (unpaired) electrons. The third kappa shape index (κ3) is 3.12. The van der Waals surface area contributed by atoms with Gasteiger partial charge >= 0.3 is 0 Å². The summed E-state index contributed by atoms with van der Waals surface area (Å²) in [6, 6.07) is 5.57. The molecule has 3 aliphatic rings. The molecule has 24 heavy (non-hydrogen) atoms. The molecule has 1 aromatic rings. The third-order valence-electron chi connectivity index (χ3n) is 5.59. The highest BCUT2D eigenvalue weighted by Crippen LogP contribution is 2.36. The zero-order valence-corrected chi connectivity index (χ0v) is 14.1. The van der Waals surface area contributed by atoms with Crippen molar-refractivity contribution in [2.75, 3.05) is 26.2 Å². The zero-order chi connectivity index (χ0) is 16.5. The largest absolute Gasteiger partial charge is 0.342 e. The molecule has 1 atom stereocenters. The molecular formula is C20H25FN2O. The van der Waals surface area contributed by atoms with Crippen LogP contribution in [0.5, 0.6) is 0 Å². The van der Waals surface area contributed by atoms with E-state index in [0.717, 1.165) is 62.1 Å². The lowest BCUT2D eigenvalue weighted by Crippen LogP contribution is -2.35. The number of hydrogen-bond donors (Lipinski definition) is 0. The molecule has 0 bridgehead atoms. The molecule has 2 fully saturated rings. The van der Waals surface area contributed by atoms with Gasteiger partial charge in [0.05, 0.1) is 5.92 Å². The van der Waals surface area contributed by atoms with E-state index < -0.39 is 0 Å². The van der Waals surface area contributed by atoms with Crippen molar-refractivity contribution in [2.45, 2.75) is 38.6 Å². The second kappa shape index (κ2) is 6.67. The maximum Gasteiger partial charge on any atom is 0.229 e. The van der Waals surface area contributed by atoms with Crippen LogP contribution in [-0.2, 0) is 11.3 Å². The van der Waals surface area contributed by atoms with Gasteiger partial charge in [0.2, 0.25) is 5.91 Å². The molecule has 1 aliphatic carbocycles. The summed E-state index contributed by atoms with van der Waals surface area (Å²) >= 11 is 0. The first-order valence-electron chi connectivity index (χ1n) is 9.21. The van der Waals surface area contributed by atoms with Crippen LogP contribution in [-0.4, -0.2) is 41.9 Å². The van der Waals surface area contributed by atoms with E-state index in [9.17, 15) is 9.18 Å². The lowest BCUT2D eigenvalue weighted by atomic mass is 9.81. The van der Waals surface area contributed by atoms with Gasteiger partial charge < -0.3 is 4.90 Å². The Bertz CT molecular complexity index is 658. The Morgan fingerprint density at radius 3 is 2.42 bits per heavy atom. The summed E-state index contributed by atoms with van der Waals surface area (Å²) in [6.07, 6.45) is 7.46. The summed E-state index contributed by atoms with van der Waals surface area (Å²) in [5, 5.41) is 0. The maximum atomic E-state index is 14.4. The number of amides is 1. The monoisotopic (exact) mass is 328 g/mol. The lowest BCUT2D eigenvalue weighted by Gasteiger charge is -2.29. The van der Waals surface area contributed by atoms with Gasteiger partial charge in [0.15, 0.2) is 0 Å². The van der Waals surface area contributed by atoms with Gasteiger partial charge in [0.25, 0.3) is 0 Å². The number of rotatable bonds is 4. The summed E-state index contributed by atoms with van der Waals surface area (Å²) in [7, 11) is 0. The van der Waals surface area contributed by atoms with E-state index in [1.54, 1.807) is 6.07 Å². The summed E-state index contributed by atoms with van der Waals surface area (Å²) < 4.78 is 14.4. The number of benzene rings is 1. The van der Waals surface area contributed by atoms with Crippen molar-refractivity contribution >= 4 is 11.5 Å². The zero-order valence-electron chi connectivity index (χ0n) is 14.1. The minimum absolute atomic E-state index is 0.00503. The lowest BCUT2D eigenvalue weighted by molar-refractivity contribution is -0.133. The van der Waals surface area contributed by atoms with E-state index in [4.69, 9.17) is 0 Å². The molecule has 2 heterocycles. The van der Waals surface area contributed by atoms with Crippen molar-refractivity contribution in [3.05, 3.63) is 41.2 Å². The van der Waals surface area contributed by atoms with Crippen LogP contribution in [0.1, 0.15) is 43.2 Å². The van der Waals surface area contributed by atoms with Gasteiger partial charge in [-0.15, -0.1) is 0 Å². The van der Waals surface area contributed by atoms with Crippen molar-refractivity contribution in [1.82, 2.24) is 9.80 Å². The van der Waals surface area contributed by atoms with Crippen LogP contribution in [0.4, 0.5) is 4.39 Å². The molecule has 0 aromatic heterocycles. The van der Waals surface area contributed by atoms with Crippen LogP contribution in [0.25, 0.3) is 5.57 Å². The molecule has 1 aromatic carbocycles. The molecule has 3 nitrogen and oxygen atoms in total. The normalized spacial score (nSPS) is 24.1. The molecule has 2 aliphatic heterocycles. The van der Waals surface area contributed by atoms with Gasteiger partial charge in [0, 0.05) is 25.2 Å². The Kier molecular flexibility index (Phi) is 4.40. The van der Waals surface area contributed by atoms with Gasteiger partial charge in [-0.05, 0) is 62.4 Å². The van der Waals surface area contributed by atoms with Crippen LogP contribution in [0.2, 0.25) is 0 Å². The van der Waals surface area contributed by atoms with Crippen LogP contribution in [0.3, 0.4) is 0 Å². The van der Waals surface area contributed by atoms with Crippen LogP contribution in [0, 0.1) is 11.7 Å². The van der Waals surface area contributed by atoms with E-state index in [1.165, 1.54) is 12.8 Å². The Labute approximate surface area is 143 Å². The van der Waals surface area contributed by atoms with Gasteiger partial charge in [0.1, 0.15) is 5.82 Å². The molecule has 4 rings (SSSR count). The molecular weight excluding hydrogens is 303 g/mol. The Morgan fingerprint density at radius 2 is 1.75 bits per heavy atom. The Hall–Kier alpha value is -1.68. The van der Waals surface area contributed by atoms with E-state index in [0.29, 0.717) is 6.54 Å². The van der Waals surface area contributed by atoms with Crippen LogP contribution >= 0.6 is 0 Å². The van der Waals surface area contributed by atoms with Crippen LogP contribution in [0.15, 0.2) is 24.3 Å². The third-order valence-corrected chi connectivity index (χ3v) is 5.59. The molecule has 2 saturated heterocycles. The average Bonchev–Trinajstić information content (AvgIpc) is 3.21. The van der Waals surface area contributed by atoms with Gasteiger partial charge in [-0.1, -0.05) is 18.2 Å². The fraction of sp³-hybridized carbons (Fsp3) is 0.550. The number of nitrogens with zero attached hydrogens (tertiary/aromatic N) is 2. The smallest absolute Gasteiger partial charge is 0.229 e. The highest BCUT2D eigenvalue weighted by molar-refractivity contribution is 5.89. The first-order chi connectivity index (χ1) is 11.7. The summed E-state index contributed by atoms with van der Waals surface area (Å²) in [5.74, 6) is 0.141. The quantitative estimate of drug-likeness (QED) is 0.845. The summed E-state index contributed by atoms with van der Waals surface area (Å²) in [5.41, 5.74) is 2.83. The Balaban J connectivity index is 1.41. The first kappa shape index (κ1) is 15.8. The predicted octanol–water partition coefficient (Wildman–Crippen LogP) is 3.45. The molecule has 128 valence electrons. The second-order valence-electron chi connectivity index (χ2n) is 7.32. The number of carbonyl (C=O) groups excluding carboxylic acids is 1. The first-order valence-corrected chi connectivity index (χ1v) is 9.21. The highest BCUT2D eigenvalue weighted by Gasteiger charge is 2.31. The minimum atomic E-state index is -0.116. The maximum absolute atomic E-state index is 14.4. The van der Waals surface area contributed by atoms with Crippen LogP contribution < -0.4 is 0 Å². The second-order valence-corrected chi connectivity index (χ2v) is 7.32. The number of likely N-dealkylation sites (tertiary alicyclic amines) is 2. The minimum Gasteiger partial charge on any atom is -0.342 e. The SMILES string of the molecule is O=C(C1C=C(c2ccc(CN3CCCC3)c(F)c2)C1)N1CCCC1. The average molecular weight is 328 g/mol. The van der Waals surface area contributed by atoms with Crippen molar-refractivity contribution in [3.8, 4) is 0 Å². The molecule has 1 amide bonds. The molecule has 4 heteroatoms. The number of carbonyl (C=O) groups is 1. The van der Waals surface area contributed by atoms with Crippen molar-refractivity contribution in [2.24, 2.45) is 5.92 Å². The molecule has 1 unspecified atom stereocenters. The predicted molar refractivity (Wildman–Crippen MR) is 92.8 cm³/mol. The van der Waals surface area contributed by atoms with Gasteiger partial charge in [-0.3, -0.25) is 9.69 Å². The van der Waals surface area contributed by atoms with Gasteiger partial charge in [-0.2, -0.15) is 0 Å². The van der Waals surface area contributed by atoms with Crippen molar-refractivity contribution < 1.29 is 9.18 Å². The van der Waals surface area contributed by atoms with Crippen molar-refractivity contribution in [3.63, 3.8) is 0 Å². The number of allylic oxidation sites excluding steroid dienone is 1. The summed E-state index contributed by atoms with van der Waals surface area (Å²) in [4.78, 5) is 16.6. The standard InChI is InChI=1S/C20H25FN2O/c21-19-13-15(5-6-16(19)14-22-7-1-2-8-22)17-11-18(12-17)20(24)23-9-3-4-10-23/h5-6,11,13,18H,1-4,7-10,12,14H2. The van der Waals surface area contributed by atoms with Gasteiger partial charge in [-0.25, -0.2) is 4.39 Å². The molecule has 0 spiro atoms. The highest BCUT2D eigenvalue weighted by atomic mass is 19.1. The number of halogens is 1. The van der Waals surface area contributed by atoms with E-state index in [2.05, 4.69) is 4.90 Å². The fourth-order valence-electron chi connectivity index (χ4n) is 4.05. The van der Waals surface area contributed by atoms with Crippen molar-refractivity contribution in [1.29, 1.82) is 0 Å². The fourth-order valence-corrected chi connectivity index (χ4v) is 4.05. The van der Waals surface area contributed by atoms with E-state index in [-0.39, 0.29) is 17.6 Å². The van der Waals surface area contributed by atoms with E-state index >= 15 is 0 Å².